The molecule has 2 aromatic heterocycles. The summed E-state index contributed by atoms with van der Waals surface area (Å²) in [6.07, 6.45) is -3.49. The minimum atomic E-state index is -4.75. The number of hydrogen-bond acceptors (Lipinski definition) is 5. The Kier molecular flexibility index (Phi) is 5.00. The summed E-state index contributed by atoms with van der Waals surface area (Å²) in [6, 6.07) is 7.13. The van der Waals surface area contributed by atoms with Crippen LogP contribution in [0.1, 0.15) is 5.56 Å². The van der Waals surface area contributed by atoms with Gasteiger partial charge in [-0.1, -0.05) is 11.6 Å². The molecule has 0 atom stereocenters. The van der Waals surface area contributed by atoms with Crippen molar-refractivity contribution in [2.75, 3.05) is 5.32 Å². The summed E-state index contributed by atoms with van der Waals surface area (Å²) in [5.74, 6) is -0.0305. The molecule has 12 heteroatoms. The number of phosphoric acid groups is 1. The summed E-state index contributed by atoms with van der Waals surface area (Å²) < 4.78 is 53.7. The second-order valence-electron chi connectivity index (χ2n) is 5.31. The van der Waals surface area contributed by atoms with E-state index in [1.165, 1.54) is 24.3 Å². The van der Waals surface area contributed by atoms with E-state index < -0.39 is 19.6 Å². The van der Waals surface area contributed by atoms with Crippen LogP contribution in [-0.4, -0.2) is 19.8 Å². The molecule has 7 nitrogen and oxygen atoms in total. The van der Waals surface area contributed by atoms with Crippen LogP contribution >= 0.6 is 19.4 Å². The van der Waals surface area contributed by atoms with Crippen molar-refractivity contribution in [2.45, 2.75) is 6.18 Å². The molecule has 0 aliphatic carbocycles. The van der Waals surface area contributed by atoms with E-state index in [4.69, 9.17) is 21.4 Å². The summed E-state index contributed by atoms with van der Waals surface area (Å²) in [6.45, 7) is 0. The van der Waals surface area contributed by atoms with Gasteiger partial charge in [0.1, 0.15) is 17.4 Å². The molecule has 0 saturated carbocycles. The molecule has 142 valence electrons. The Labute approximate surface area is 155 Å². The number of alkyl halides is 3. The number of phosphoric ester groups is 1. The van der Waals surface area contributed by atoms with Crippen LogP contribution in [0.2, 0.25) is 5.02 Å². The maximum Gasteiger partial charge on any atom is 0.524 e. The van der Waals surface area contributed by atoms with Crippen LogP contribution in [0.3, 0.4) is 0 Å². The molecule has 2 heterocycles. The standard InChI is InChI=1S/C15H10ClF3N3O4P/c16-11-7-10(26-27(23,24)25)5-8-1-2-12(22-14(8)11)21-13-6-9(3-4-20-13)15(17,18)19/h1-7H,(H,20,21,22)(H2,23,24,25). The number of rotatable bonds is 4. The van der Waals surface area contributed by atoms with Gasteiger partial charge in [0.25, 0.3) is 0 Å². The lowest BCUT2D eigenvalue weighted by Crippen LogP contribution is -2.06. The third kappa shape index (κ3) is 4.86. The SMILES string of the molecule is O=P(O)(O)Oc1cc(Cl)c2nc(Nc3cc(C(F)(F)F)ccn3)ccc2c1. The Hall–Kier alpha value is -2.39. The number of nitrogens with zero attached hydrogens (tertiary/aromatic N) is 2. The number of hydrogen-bond donors (Lipinski definition) is 3. The number of halogens is 4. The maximum atomic E-state index is 12.8. The van der Waals surface area contributed by atoms with Crippen LogP contribution in [0.15, 0.2) is 42.6 Å². The Balaban J connectivity index is 1.92. The monoisotopic (exact) mass is 419 g/mol. The van der Waals surface area contributed by atoms with Crippen molar-refractivity contribution in [3.63, 3.8) is 0 Å². The average Bonchev–Trinajstić information content (AvgIpc) is 2.53. The van der Waals surface area contributed by atoms with Crippen molar-refractivity contribution in [3.8, 4) is 5.75 Å². The topological polar surface area (TPSA) is 105 Å². The third-order valence-corrected chi connectivity index (χ3v) is 4.02. The maximum absolute atomic E-state index is 12.8. The van der Waals surface area contributed by atoms with Gasteiger partial charge in [-0.05, 0) is 30.3 Å². The molecule has 0 aliphatic heterocycles. The van der Waals surface area contributed by atoms with Crippen molar-refractivity contribution in [3.05, 3.63) is 53.2 Å². The molecule has 0 saturated heterocycles. The first kappa shape index (κ1) is 19.4. The van der Waals surface area contributed by atoms with Gasteiger partial charge in [-0.3, -0.25) is 9.79 Å². The number of nitrogens with one attached hydrogen (secondary N) is 1. The number of fused-ring (bicyclic) bond motifs is 1. The van der Waals surface area contributed by atoms with Gasteiger partial charge in [-0.25, -0.2) is 14.5 Å². The van der Waals surface area contributed by atoms with E-state index in [0.717, 1.165) is 18.3 Å². The van der Waals surface area contributed by atoms with Crippen LogP contribution < -0.4 is 9.84 Å². The molecular formula is C15H10ClF3N3O4P. The van der Waals surface area contributed by atoms with Crippen LogP contribution in [0.5, 0.6) is 5.75 Å². The predicted molar refractivity (Wildman–Crippen MR) is 91.9 cm³/mol. The lowest BCUT2D eigenvalue weighted by atomic mass is 10.2. The van der Waals surface area contributed by atoms with Crippen LogP contribution in [0.25, 0.3) is 10.9 Å². The average molecular weight is 420 g/mol. The van der Waals surface area contributed by atoms with Gasteiger partial charge in [0, 0.05) is 17.6 Å². The van der Waals surface area contributed by atoms with Crippen molar-refractivity contribution in [2.24, 2.45) is 0 Å². The molecule has 0 aliphatic rings. The van der Waals surface area contributed by atoms with E-state index in [0.29, 0.717) is 5.39 Å². The zero-order valence-corrected chi connectivity index (χ0v) is 14.8. The second kappa shape index (κ2) is 6.97. The van der Waals surface area contributed by atoms with Gasteiger partial charge in [-0.2, -0.15) is 13.2 Å². The molecule has 27 heavy (non-hydrogen) atoms. The first-order valence-corrected chi connectivity index (χ1v) is 9.08. The summed E-state index contributed by atoms with van der Waals surface area (Å²) in [5.41, 5.74) is -0.607. The van der Waals surface area contributed by atoms with E-state index >= 15 is 0 Å². The van der Waals surface area contributed by atoms with Crippen LogP contribution in [-0.2, 0) is 10.7 Å². The van der Waals surface area contributed by atoms with Crippen molar-refractivity contribution in [1.82, 2.24) is 9.97 Å². The quantitative estimate of drug-likeness (QED) is 0.534. The van der Waals surface area contributed by atoms with E-state index in [2.05, 4.69) is 19.8 Å². The molecule has 1 aromatic carbocycles. The lowest BCUT2D eigenvalue weighted by molar-refractivity contribution is -0.137. The fourth-order valence-electron chi connectivity index (χ4n) is 2.23. The Morgan fingerprint density at radius 2 is 1.85 bits per heavy atom. The summed E-state index contributed by atoms with van der Waals surface area (Å²) in [5, 5.41) is 3.10. The first-order valence-electron chi connectivity index (χ1n) is 7.17. The molecule has 0 radical (unpaired) electrons. The van der Waals surface area contributed by atoms with E-state index in [1.807, 2.05) is 0 Å². The number of anilines is 2. The summed E-state index contributed by atoms with van der Waals surface area (Å²) in [7, 11) is -4.75. The summed E-state index contributed by atoms with van der Waals surface area (Å²) >= 11 is 6.06. The molecule has 0 spiro atoms. The smallest absolute Gasteiger partial charge is 0.404 e. The fraction of sp³-hybridized carbons (Fsp3) is 0.0667. The normalized spacial score (nSPS) is 12.2. The van der Waals surface area contributed by atoms with Gasteiger partial charge in [0.15, 0.2) is 0 Å². The Bertz CT molecular complexity index is 1060. The minimum Gasteiger partial charge on any atom is -0.404 e. The predicted octanol–water partition coefficient (Wildman–Crippen LogP) is 4.52. The lowest BCUT2D eigenvalue weighted by Gasteiger charge is -2.11. The number of pyridine rings is 2. The van der Waals surface area contributed by atoms with Crippen molar-refractivity contribution >= 4 is 42.0 Å². The van der Waals surface area contributed by atoms with E-state index in [9.17, 15) is 17.7 Å². The highest BCUT2D eigenvalue weighted by molar-refractivity contribution is 7.46. The Morgan fingerprint density at radius 3 is 2.52 bits per heavy atom. The van der Waals surface area contributed by atoms with Crippen molar-refractivity contribution < 1.29 is 32.0 Å². The molecular weight excluding hydrogens is 410 g/mol. The third-order valence-electron chi connectivity index (χ3n) is 3.29. The van der Waals surface area contributed by atoms with Gasteiger partial charge in [-0.15, -0.1) is 0 Å². The minimum absolute atomic E-state index is 0.0385. The molecule has 0 bridgehead atoms. The molecule has 0 fully saturated rings. The van der Waals surface area contributed by atoms with Gasteiger partial charge >= 0.3 is 14.0 Å². The highest BCUT2D eigenvalue weighted by Crippen LogP contribution is 2.40. The molecule has 3 N–H and O–H groups in total. The van der Waals surface area contributed by atoms with Gasteiger partial charge in [0.2, 0.25) is 0 Å². The fourth-order valence-corrected chi connectivity index (χ4v) is 2.87. The summed E-state index contributed by atoms with van der Waals surface area (Å²) in [4.78, 5) is 25.7. The Morgan fingerprint density at radius 1 is 1.11 bits per heavy atom. The molecule has 3 rings (SSSR count). The van der Waals surface area contributed by atoms with Gasteiger partial charge < -0.3 is 9.84 Å². The largest absolute Gasteiger partial charge is 0.524 e. The highest BCUT2D eigenvalue weighted by Gasteiger charge is 2.30. The zero-order valence-electron chi connectivity index (χ0n) is 13.1. The molecule has 0 unspecified atom stereocenters. The number of benzene rings is 1. The molecule has 3 aromatic rings. The van der Waals surface area contributed by atoms with E-state index in [-0.39, 0.29) is 27.9 Å². The zero-order chi connectivity index (χ0) is 19.8. The first-order chi connectivity index (χ1) is 12.5. The van der Waals surface area contributed by atoms with Crippen LogP contribution in [0, 0.1) is 0 Å². The number of aromatic nitrogens is 2. The highest BCUT2D eigenvalue weighted by atomic mass is 35.5. The van der Waals surface area contributed by atoms with Gasteiger partial charge in [0.05, 0.1) is 16.1 Å². The van der Waals surface area contributed by atoms with Crippen LogP contribution in [0.4, 0.5) is 24.8 Å². The van der Waals surface area contributed by atoms with E-state index in [1.54, 1.807) is 0 Å². The second-order valence-corrected chi connectivity index (χ2v) is 6.88. The van der Waals surface area contributed by atoms with Crippen molar-refractivity contribution in [1.29, 1.82) is 0 Å². The molecule has 0 amide bonds.